The number of rotatable bonds is 7. The van der Waals surface area contributed by atoms with Crippen LogP contribution >= 0.6 is 0 Å². The Morgan fingerprint density at radius 2 is 2.20 bits per heavy atom. The average Bonchev–Trinajstić information content (AvgIpc) is 2.45. The number of nitrogens with two attached hydrogens (primary N) is 1. The Hall–Kier alpha value is -1.62. The zero-order valence-electron chi connectivity index (χ0n) is 12.7. The van der Waals surface area contributed by atoms with Gasteiger partial charge in [-0.05, 0) is 25.3 Å². The van der Waals surface area contributed by atoms with E-state index >= 15 is 0 Å². The summed E-state index contributed by atoms with van der Waals surface area (Å²) in [6.45, 7) is 6.32. The van der Waals surface area contributed by atoms with Crippen LogP contribution in [-0.4, -0.2) is 31.2 Å². The molecule has 1 heterocycles. The lowest BCUT2D eigenvalue weighted by atomic mass is 9.72. The first-order valence-electron chi connectivity index (χ1n) is 6.87. The van der Waals surface area contributed by atoms with Crippen molar-refractivity contribution in [3.63, 3.8) is 0 Å². The molecule has 112 valence electrons. The van der Waals surface area contributed by atoms with Crippen molar-refractivity contribution in [1.29, 1.82) is 0 Å². The molecule has 0 radical (unpaired) electrons. The standard InChI is InChI=1S/C15H24N2O3/c1-5-20-14(18)15(10-16,11(2)3)9-12-7-6-8-17-13(12)19-4/h6-8,11H,5,9-10,16H2,1-4H3. The molecule has 0 aromatic carbocycles. The average molecular weight is 280 g/mol. The lowest BCUT2D eigenvalue weighted by Gasteiger charge is -2.34. The number of hydrogen-bond donors (Lipinski definition) is 1. The van der Waals surface area contributed by atoms with Gasteiger partial charge in [0.15, 0.2) is 0 Å². The van der Waals surface area contributed by atoms with Crippen LogP contribution in [0.2, 0.25) is 0 Å². The normalized spacial score (nSPS) is 13.9. The van der Waals surface area contributed by atoms with Crippen LogP contribution in [0, 0.1) is 11.3 Å². The van der Waals surface area contributed by atoms with Gasteiger partial charge < -0.3 is 15.2 Å². The summed E-state index contributed by atoms with van der Waals surface area (Å²) in [7, 11) is 1.57. The number of esters is 1. The fourth-order valence-electron chi connectivity index (χ4n) is 2.26. The molecule has 0 saturated carbocycles. The number of nitrogens with zero attached hydrogens (tertiary/aromatic N) is 1. The molecular weight excluding hydrogens is 256 g/mol. The molecule has 1 aromatic rings. The second kappa shape index (κ2) is 7.24. The summed E-state index contributed by atoms with van der Waals surface area (Å²) in [6.07, 6.45) is 2.11. The van der Waals surface area contributed by atoms with Crippen LogP contribution in [0.4, 0.5) is 0 Å². The molecule has 2 N–H and O–H groups in total. The Bertz CT molecular complexity index is 448. The molecule has 0 aliphatic carbocycles. The molecule has 5 nitrogen and oxygen atoms in total. The third kappa shape index (κ3) is 3.28. The van der Waals surface area contributed by atoms with Gasteiger partial charge >= 0.3 is 5.97 Å². The van der Waals surface area contributed by atoms with Crippen LogP contribution in [0.25, 0.3) is 0 Å². The second-order valence-corrected chi connectivity index (χ2v) is 5.08. The summed E-state index contributed by atoms with van der Waals surface area (Å²) in [5, 5.41) is 0. The van der Waals surface area contributed by atoms with E-state index in [0.717, 1.165) is 5.56 Å². The van der Waals surface area contributed by atoms with Gasteiger partial charge in [0.25, 0.3) is 0 Å². The third-order valence-electron chi connectivity index (χ3n) is 3.70. The van der Waals surface area contributed by atoms with Crippen LogP contribution < -0.4 is 10.5 Å². The van der Waals surface area contributed by atoms with Gasteiger partial charge in [-0.15, -0.1) is 0 Å². The summed E-state index contributed by atoms with van der Waals surface area (Å²) < 4.78 is 10.5. The fraction of sp³-hybridized carbons (Fsp3) is 0.600. The predicted octanol–water partition coefficient (Wildman–Crippen LogP) is 1.80. The van der Waals surface area contributed by atoms with Crippen LogP contribution in [0.5, 0.6) is 5.88 Å². The smallest absolute Gasteiger partial charge is 0.313 e. The molecule has 1 atom stereocenters. The van der Waals surface area contributed by atoms with E-state index in [1.165, 1.54) is 0 Å². The minimum absolute atomic E-state index is 0.0523. The highest BCUT2D eigenvalue weighted by molar-refractivity contribution is 5.78. The summed E-state index contributed by atoms with van der Waals surface area (Å²) in [5.74, 6) is 0.315. The Morgan fingerprint density at radius 1 is 1.50 bits per heavy atom. The monoisotopic (exact) mass is 280 g/mol. The minimum Gasteiger partial charge on any atom is -0.481 e. The van der Waals surface area contributed by atoms with E-state index in [0.29, 0.717) is 18.9 Å². The van der Waals surface area contributed by atoms with E-state index < -0.39 is 5.41 Å². The Labute approximate surface area is 120 Å². The topological polar surface area (TPSA) is 74.4 Å². The number of ether oxygens (including phenoxy) is 2. The largest absolute Gasteiger partial charge is 0.481 e. The minimum atomic E-state index is -0.758. The quantitative estimate of drug-likeness (QED) is 0.771. The molecule has 1 unspecified atom stereocenters. The van der Waals surface area contributed by atoms with Gasteiger partial charge in [0.2, 0.25) is 5.88 Å². The fourth-order valence-corrected chi connectivity index (χ4v) is 2.26. The maximum Gasteiger partial charge on any atom is 0.313 e. The van der Waals surface area contributed by atoms with Gasteiger partial charge in [0, 0.05) is 18.3 Å². The van der Waals surface area contributed by atoms with Crippen molar-refractivity contribution < 1.29 is 14.3 Å². The molecule has 0 saturated heterocycles. The van der Waals surface area contributed by atoms with Crippen molar-refractivity contribution >= 4 is 5.97 Å². The number of carbonyl (C=O) groups excluding carboxylic acids is 1. The number of pyridine rings is 1. The van der Waals surface area contributed by atoms with E-state index in [1.54, 1.807) is 20.2 Å². The highest BCUT2D eigenvalue weighted by Crippen LogP contribution is 2.34. The third-order valence-corrected chi connectivity index (χ3v) is 3.70. The lowest BCUT2D eigenvalue weighted by molar-refractivity contribution is -0.157. The van der Waals surface area contributed by atoms with Crippen molar-refractivity contribution in [1.82, 2.24) is 4.98 Å². The molecule has 0 spiro atoms. The zero-order valence-corrected chi connectivity index (χ0v) is 12.7. The number of hydrogen-bond acceptors (Lipinski definition) is 5. The molecule has 0 aliphatic heterocycles. The molecular formula is C15H24N2O3. The number of aromatic nitrogens is 1. The highest BCUT2D eigenvalue weighted by Gasteiger charge is 2.42. The van der Waals surface area contributed by atoms with Gasteiger partial charge in [-0.3, -0.25) is 4.79 Å². The Morgan fingerprint density at radius 3 is 2.70 bits per heavy atom. The molecule has 0 amide bonds. The summed E-state index contributed by atoms with van der Waals surface area (Å²) in [5.41, 5.74) is 6.02. The molecule has 1 aromatic heterocycles. The van der Waals surface area contributed by atoms with E-state index in [9.17, 15) is 4.79 Å². The van der Waals surface area contributed by atoms with E-state index in [-0.39, 0.29) is 18.4 Å². The van der Waals surface area contributed by atoms with Gasteiger partial charge in [-0.25, -0.2) is 4.98 Å². The second-order valence-electron chi connectivity index (χ2n) is 5.08. The van der Waals surface area contributed by atoms with Crippen LogP contribution in [-0.2, 0) is 16.0 Å². The van der Waals surface area contributed by atoms with Gasteiger partial charge in [0.1, 0.15) is 0 Å². The first-order valence-corrected chi connectivity index (χ1v) is 6.87. The van der Waals surface area contributed by atoms with Crippen molar-refractivity contribution in [2.45, 2.75) is 27.2 Å². The SMILES string of the molecule is CCOC(=O)C(CN)(Cc1cccnc1OC)C(C)C. The van der Waals surface area contributed by atoms with E-state index in [2.05, 4.69) is 4.98 Å². The first kappa shape index (κ1) is 16.4. The molecule has 0 fully saturated rings. The number of methoxy groups -OCH3 is 1. The number of carbonyl (C=O) groups is 1. The molecule has 5 heteroatoms. The van der Waals surface area contributed by atoms with Crippen molar-refractivity contribution in [2.24, 2.45) is 17.1 Å². The van der Waals surface area contributed by atoms with Gasteiger partial charge in [-0.2, -0.15) is 0 Å². The summed E-state index contributed by atoms with van der Waals surface area (Å²) in [6, 6.07) is 3.72. The molecule has 1 rings (SSSR count). The van der Waals surface area contributed by atoms with Crippen molar-refractivity contribution in [2.75, 3.05) is 20.3 Å². The molecule has 20 heavy (non-hydrogen) atoms. The van der Waals surface area contributed by atoms with Crippen molar-refractivity contribution in [3.8, 4) is 5.88 Å². The zero-order chi connectivity index (χ0) is 15.2. The van der Waals surface area contributed by atoms with Gasteiger partial charge in [0.05, 0.1) is 19.1 Å². The highest BCUT2D eigenvalue weighted by atomic mass is 16.5. The maximum atomic E-state index is 12.4. The first-order chi connectivity index (χ1) is 9.51. The van der Waals surface area contributed by atoms with Gasteiger partial charge in [-0.1, -0.05) is 19.9 Å². The predicted molar refractivity (Wildman–Crippen MR) is 77.5 cm³/mol. The summed E-state index contributed by atoms with van der Waals surface area (Å²) in [4.78, 5) is 16.5. The summed E-state index contributed by atoms with van der Waals surface area (Å²) >= 11 is 0. The van der Waals surface area contributed by atoms with E-state index in [4.69, 9.17) is 15.2 Å². The Balaban J connectivity index is 3.15. The van der Waals surface area contributed by atoms with Crippen LogP contribution in [0.1, 0.15) is 26.3 Å². The van der Waals surface area contributed by atoms with Crippen LogP contribution in [0.3, 0.4) is 0 Å². The van der Waals surface area contributed by atoms with E-state index in [1.807, 2.05) is 26.0 Å². The Kier molecular flexibility index (Phi) is 5.95. The lowest BCUT2D eigenvalue weighted by Crippen LogP contribution is -2.46. The van der Waals surface area contributed by atoms with Crippen LogP contribution in [0.15, 0.2) is 18.3 Å². The van der Waals surface area contributed by atoms with Crippen molar-refractivity contribution in [3.05, 3.63) is 23.9 Å². The molecule has 0 bridgehead atoms. The maximum absolute atomic E-state index is 12.4. The molecule has 0 aliphatic rings.